The minimum absolute atomic E-state index is 0.0496. The molecule has 7 heteroatoms. The molecule has 0 spiro atoms. The minimum atomic E-state index is -0.516. The maximum absolute atomic E-state index is 11.5. The molecule has 1 aliphatic heterocycles. The van der Waals surface area contributed by atoms with Crippen molar-refractivity contribution in [1.82, 2.24) is 19.9 Å². The Labute approximate surface area is 116 Å². The van der Waals surface area contributed by atoms with Crippen LogP contribution in [0.2, 0.25) is 0 Å². The maximum Gasteiger partial charge on any atom is 0.220 e. The van der Waals surface area contributed by atoms with E-state index in [0.717, 1.165) is 11.3 Å². The number of nitrogens with zero attached hydrogens (tertiary/aromatic N) is 4. The van der Waals surface area contributed by atoms with E-state index in [9.17, 15) is 9.90 Å². The SMILES string of the molecule is CNC(=O)C[C@@H]1CN(c2ncnn3cccc23)C[C@H]1O. The van der Waals surface area contributed by atoms with Gasteiger partial charge in [-0.3, -0.25) is 4.79 Å². The predicted octanol–water partition coefficient (Wildman–Crippen LogP) is -0.338. The standard InChI is InChI=1S/C13H17N5O2/c1-14-12(20)5-9-6-17(7-11(9)19)13-10-3-2-4-18(10)16-8-15-13/h2-4,8-9,11,19H,5-7H2,1H3,(H,14,20)/t9-,11-/m1/s1. The van der Waals surface area contributed by atoms with Crippen molar-refractivity contribution in [2.45, 2.75) is 12.5 Å². The Hall–Kier alpha value is -2.15. The van der Waals surface area contributed by atoms with Gasteiger partial charge in [0.2, 0.25) is 5.91 Å². The molecule has 1 amide bonds. The first-order valence-corrected chi connectivity index (χ1v) is 6.61. The van der Waals surface area contributed by atoms with Gasteiger partial charge in [-0.1, -0.05) is 0 Å². The average molecular weight is 275 g/mol. The zero-order chi connectivity index (χ0) is 14.1. The van der Waals surface area contributed by atoms with E-state index in [-0.39, 0.29) is 11.8 Å². The van der Waals surface area contributed by atoms with Crippen LogP contribution in [0.25, 0.3) is 5.52 Å². The van der Waals surface area contributed by atoms with Crippen LogP contribution < -0.4 is 10.2 Å². The summed E-state index contributed by atoms with van der Waals surface area (Å²) in [5.41, 5.74) is 0.903. The van der Waals surface area contributed by atoms with Crippen LogP contribution in [0.4, 0.5) is 5.82 Å². The molecule has 1 saturated heterocycles. The second-order valence-corrected chi connectivity index (χ2v) is 5.03. The third-order valence-corrected chi connectivity index (χ3v) is 3.75. The molecule has 0 unspecified atom stereocenters. The number of rotatable bonds is 3. The Morgan fingerprint density at radius 1 is 1.55 bits per heavy atom. The summed E-state index contributed by atoms with van der Waals surface area (Å²) in [5, 5.41) is 16.8. The Bertz CT molecular complexity index is 626. The third kappa shape index (κ3) is 2.20. The van der Waals surface area contributed by atoms with Crippen molar-refractivity contribution in [2.24, 2.45) is 5.92 Å². The molecule has 2 aromatic rings. The van der Waals surface area contributed by atoms with Gasteiger partial charge in [-0.15, -0.1) is 0 Å². The van der Waals surface area contributed by atoms with Gasteiger partial charge in [-0.2, -0.15) is 5.10 Å². The fourth-order valence-electron chi connectivity index (χ4n) is 2.66. The van der Waals surface area contributed by atoms with Crippen LogP contribution in [-0.2, 0) is 4.79 Å². The molecule has 1 aliphatic rings. The molecule has 2 atom stereocenters. The maximum atomic E-state index is 11.5. The summed E-state index contributed by atoms with van der Waals surface area (Å²) in [4.78, 5) is 17.8. The lowest BCUT2D eigenvalue weighted by Gasteiger charge is -2.17. The fraction of sp³-hybridized carbons (Fsp3) is 0.462. The van der Waals surface area contributed by atoms with Crippen LogP contribution in [0.15, 0.2) is 24.7 Å². The zero-order valence-electron chi connectivity index (χ0n) is 11.2. The molecule has 0 bridgehead atoms. The summed E-state index contributed by atoms with van der Waals surface area (Å²) < 4.78 is 1.75. The highest BCUT2D eigenvalue weighted by Crippen LogP contribution is 2.27. The summed E-state index contributed by atoms with van der Waals surface area (Å²) in [6, 6.07) is 3.84. The number of carbonyl (C=O) groups excluding carboxylic acids is 1. The lowest BCUT2D eigenvalue weighted by atomic mass is 10.0. The van der Waals surface area contributed by atoms with Gasteiger partial charge < -0.3 is 15.3 Å². The fourth-order valence-corrected chi connectivity index (χ4v) is 2.66. The van der Waals surface area contributed by atoms with E-state index in [0.29, 0.717) is 19.5 Å². The number of anilines is 1. The van der Waals surface area contributed by atoms with Gasteiger partial charge in [0, 0.05) is 38.7 Å². The molecule has 3 heterocycles. The van der Waals surface area contributed by atoms with Crippen molar-refractivity contribution in [3.8, 4) is 0 Å². The van der Waals surface area contributed by atoms with Gasteiger partial charge in [0.15, 0.2) is 5.82 Å². The van der Waals surface area contributed by atoms with E-state index in [1.54, 1.807) is 11.6 Å². The summed E-state index contributed by atoms with van der Waals surface area (Å²) >= 11 is 0. The Balaban J connectivity index is 1.82. The summed E-state index contributed by atoms with van der Waals surface area (Å²) in [5.74, 6) is 0.676. The second kappa shape index (κ2) is 5.09. The Kier molecular flexibility index (Phi) is 3.27. The Morgan fingerprint density at radius 3 is 3.20 bits per heavy atom. The molecule has 20 heavy (non-hydrogen) atoms. The van der Waals surface area contributed by atoms with E-state index >= 15 is 0 Å². The molecule has 2 aromatic heterocycles. The molecule has 2 N–H and O–H groups in total. The lowest BCUT2D eigenvalue weighted by molar-refractivity contribution is -0.122. The van der Waals surface area contributed by atoms with Crippen molar-refractivity contribution in [2.75, 3.05) is 25.0 Å². The van der Waals surface area contributed by atoms with E-state index in [1.807, 2.05) is 23.2 Å². The van der Waals surface area contributed by atoms with Crippen LogP contribution >= 0.6 is 0 Å². The first kappa shape index (κ1) is 12.9. The second-order valence-electron chi connectivity index (χ2n) is 5.03. The van der Waals surface area contributed by atoms with Crippen molar-refractivity contribution in [3.63, 3.8) is 0 Å². The molecule has 0 aliphatic carbocycles. The van der Waals surface area contributed by atoms with Crippen LogP contribution in [-0.4, -0.2) is 51.9 Å². The molecule has 7 nitrogen and oxygen atoms in total. The smallest absolute Gasteiger partial charge is 0.220 e. The number of amides is 1. The number of nitrogens with one attached hydrogen (secondary N) is 1. The van der Waals surface area contributed by atoms with Gasteiger partial charge in [-0.05, 0) is 12.1 Å². The van der Waals surface area contributed by atoms with Gasteiger partial charge in [-0.25, -0.2) is 9.50 Å². The largest absolute Gasteiger partial charge is 0.391 e. The van der Waals surface area contributed by atoms with Crippen molar-refractivity contribution >= 4 is 17.2 Å². The van der Waals surface area contributed by atoms with Crippen LogP contribution in [0.5, 0.6) is 0 Å². The van der Waals surface area contributed by atoms with Gasteiger partial charge in [0.25, 0.3) is 0 Å². The number of fused-ring (bicyclic) bond motifs is 1. The summed E-state index contributed by atoms with van der Waals surface area (Å²) in [6.07, 6.45) is 3.17. The number of aliphatic hydroxyl groups excluding tert-OH is 1. The highest BCUT2D eigenvalue weighted by molar-refractivity contribution is 5.76. The highest BCUT2D eigenvalue weighted by Gasteiger charge is 2.34. The topological polar surface area (TPSA) is 82.8 Å². The molecule has 106 valence electrons. The normalized spacial score (nSPS) is 22.4. The number of carbonyl (C=O) groups is 1. The number of aliphatic hydroxyl groups is 1. The van der Waals surface area contributed by atoms with E-state index in [2.05, 4.69) is 15.4 Å². The summed E-state index contributed by atoms with van der Waals surface area (Å²) in [6.45, 7) is 1.10. The molecular weight excluding hydrogens is 258 g/mol. The molecule has 3 rings (SSSR count). The monoisotopic (exact) mass is 275 g/mol. The molecule has 0 aromatic carbocycles. The zero-order valence-corrected chi connectivity index (χ0v) is 11.2. The number of hydrogen-bond donors (Lipinski definition) is 2. The average Bonchev–Trinajstić information content (AvgIpc) is 3.05. The quantitative estimate of drug-likeness (QED) is 0.801. The van der Waals surface area contributed by atoms with E-state index in [1.165, 1.54) is 6.33 Å². The minimum Gasteiger partial charge on any atom is -0.391 e. The molecule has 0 saturated carbocycles. The van der Waals surface area contributed by atoms with Gasteiger partial charge >= 0.3 is 0 Å². The lowest BCUT2D eigenvalue weighted by Crippen LogP contribution is -2.27. The molecule has 0 radical (unpaired) electrons. The molecule has 1 fully saturated rings. The van der Waals surface area contributed by atoms with Crippen molar-refractivity contribution in [1.29, 1.82) is 0 Å². The number of hydrogen-bond acceptors (Lipinski definition) is 5. The van der Waals surface area contributed by atoms with E-state index in [4.69, 9.17) is 0 Å². The third-order valence-electron chi connectivity index (χ3n) is 3.75. The van der Waals surface area contributed by atoms with Crippen LogP contribution in [0, 0.1) is 5.92 Å². The first-order chi connectivity index (χ1) is 9.69. The highest BCUT2D eigenvalue weighted by atomic mass is 16.3. The Morgan fingerprint density at radius 2 is 2.40 bits per heavy atom. The molecular formula is C13H17N5O2. The first-order valence-electron chi connectivity index (χ1n) is 6.61. The van der Waals surface area contributed by atoms with Crippen LogP contribution in [0.3, 0.4) is 0 Å². The number of β-amino-alcohol motifs (C(OH)–C–C–N with tert-alkyl or cyclic N) is 1. The van der Waals surface area contributed by atoms with E-state index < -0.39 is 6.10 Å². The van der Waals surface area contributed by atoms with Crippen molar-refractivity contribution in [3.05, 3.63) is 24.7 Å². The number of aromatic nitrogens is 3. The van der Waals surface area contributed by atoms with Crippen LogP contribution in [0.1, 0.15) is 6.42 Å². The van der Waals surface area contributed by atoms with Gasteiger partial charge in [0.1, 0.15) is 11.8 Å². The van der Waals surface area contributed by atoms with Crippen molar-refractivity contribution < 1.29 is 9.90 Å². The van der Waals surface area contributed by atoms with Gasteiger partial charge in [0.05, 0.1) is 6.10 Å². The summed E-state index contributed by atoms with van der Waals surface area (Å²) in [7, 11) is 1.61. The predicted molar refractivity (Wildman–Crippen MR) is 73.4 cm³/mol.